The summed E-state index contributed by atoms with van der Waals surface area (Å²) in [5, 5.41) is 16.4. The van der Waals surface area contributed by atoms with Crippen molar-refractivity contribution >= 4 is 23.6 Å². The first-order valence-corrected chi connectivity index (χ1v) is 6.32. The van der Waals surface area contributed by atoms with E-state index in [0.29, 0.717) is 18.0 Å². The molecule has 8 nitrogen and oxygen atoms in total. The molecule has 8 heteroatoms. The summed E-state index contributed by atoms with van der Waals surface area (Å²) in [5.41, 5.74) is 0.465. The first kappa shape index (κ1) is 14.6. The molecule has 1 unspecified atom stereocenters. The molecule has 112 valence electrons. The maximum atomic E-state index is 11.8. The lowest BCUT2D eigenvalue weighted by atomic mass is 10.2. The molecule has 2 rings (SSSR count). The van der Waals surface area contributed by atoms with Gasteiger partial charge in [0.25, 0.3) is 0 Å². The second-order valence-electron chi connectivity index (χ2n) is 4.51. The Hall–Kier alpha value is -2.77. The van der Waals surface area contributed by atoms with E-state index in [-0.39, 0.29) is 18.4 Å². The van der Waals surface area contributed by atoms with Crippen molar-refractivity contribution in [1.29, 1.82) is 0 Å². The second-order valence-corrected chi connectivity index (χ2v) is 4.51. The summed E-state index contributed by atoms with van der Waals surface area (Å²) in [5.74, 6) is -0.832. The highest BCUT2D eigenvalue weighted by Gasteiger charge is 2.22. The molecule has 0 bridgehead atoms. The van der Waals surface area contributed by atoms with Gasteiger partial charge in [-0.3, -0.25) is 4.79 Å². The third-order valence-electron chi connectivity index (χ3n) is 2.77. The zero-order chi connectivity index (χ0) is 15.2. The van der Waals surface area contributed by atoms with Crippen molar-refractivity contribution in [3.8, 4) is 5.75 Å². The maximum Gasteiger partial charge on any atom is 0.341 e. The number of hydrogen-bond donors (Lipinski definition) is 4. The van der Waals surface area contributed by atoms with E-state index in [1.165, 1.54) is 6.07 Å². The molecule has 1 atom stereocenters. The zero-order valence-electron chi connectivity index (χ0n) is 11.1. The molecule has 3 amide bonds. The number of rotatable bonds is 5. The largest absolute Gasteiger partial charge is 0.482 e. The van der Waals surface area contributed by atoms with Crippen LogP contribution in [0.15, 0.2) is 24.3 Å². The van der Waals surface area contributed by atoms with E-state index < -0.39 is 18.6 Å². The molecule has 0 saturated carbocycles. The van der Waals surface area contributed by atoms with Crippen LogP contribution in [0.25, 0.3) is 0 Å². The Balaban J connectivity index is 1.86. The van der Waals surface area contributed by atoms with Gasteiger partial charge in [0.2, 0.25) is 5.91 Å². The predicted octanol–water partition coefficient (Wildman–Crippen LogP) is 0.160. The summed E-state index contributed by atoms with van der Waals surface area (Å²) in [6.45, 7) is -0.0421. The number of nitrogens with one attached hydrogen (secondary N) is 3. The van der Waals surface area contributed by atoms with Crippen LogP contribution in [0.5, 0.6) is 5.75 Å². The monoisotopic (exact) mass is 293 g/mol. The fourth-order valence-electron chi connectivity index (χ4n) is 1.87. The van der Waals surface area contributed by atoms with Gasteiger partial charge in [0.05, 0.1) is 6.04 Å². The minimum atomic E-state index is -1.08. The standard InChI is InChI=1S/C13H15N3O5/c17-11-5-9(6-14-11)16-13(20)15-8-2-1-3-10(4-8)21-7-12(18)19/h1-4,9H,5-7H2,(H,14,17)(H,18,19)(H2,15,16,20). The number of urea groups is 1. The normalized spacial score (nSPS) is 17.0. The highest BCUT2D eigenvalue weighted by molar-refractivity contribution is 5.90. The molecular weight excluding hydrogens is 278 g/mol. The lowest BCUT2D eigenvalue weighted by Crippen LogP contribution is -2.39. The minimum Gasteiger partial charge on any atom is -0.482 e. The Morgan fingerprint density at radius 1 is 1.43 bits per heavy atom. The molecule has 1 aliphatic rings. The zero-order valence-corrected chi connectivity index (χ0v) is 11.1. The van der Waals surface area contributed by atoms with E-state index in [0.717, 1.165) is 0 Å². The van der Waals surface area contributed by atoms with E-state index in [2.05, 4.69) is 16.0 Å². The first-order chi connectivity index (χ1) is 10.0. The van der Waals surface area contributed by atoms with Crippen LogP contribution in [0.3, 0.4) is 0 Å². The SMILES string of the molecule is O=C(O)COc1cccc(NC(=O)NC2CNC(=O)C2)c1. The van der Waals surface area contributed by atoms with Crippen molar-refractivity contribution in [1.82, 2.24) is 10.6 Å². The summed E-state index contributed by atoms with van der Waals surface area (Å²) < 4.78 is 5.01. The van der Waals surface area contributed by atoms with Gasteiger partial charge >= 0.3 is 12.0 Å². The number of aliphatic carboxylic acids is 1. The number of anilines is 1. The number of carbonyl (C=O) groups excluding carboxylic acids is 2. The topological polar surface area (TPSA) is 117 Å². The van der Waals surface area contributed by atoms with Crippen LogP contribution in [-0.2, 0) is 9.59 Å². The summed E-state index contributed by atoms with van der Waals surface area (Å²) in [4.78, 5) is 33.2. The Bertz CT molecular complexity index is 560. The number of amides is 3. The van der Waals surface area contributed by atoms with Crippen LogP contribution in [0.1, 0.15) is 6.42 Å². The maximum absolute atomic E-state index is 11.8. The molecule has 1 fully saturated rings. The van der Waals surface area contributed by atoms with E-state index in [1.54, 1.807) is 18.2 Å². The van der Waals surface area contributed by atoms with Gasteiger partial charge in [0, 0.05) is 24.7 Å². The molecule has 0 aromatic heterocycles. The van der Waals surface area contributed by atoms with E-state index in [1.807, 2.05) is 0 Å². The lowest BCUT2D eigenvalue weighted by molar-refractivity contribution is -0.139. The van der Waals surface area contributed by atoms with Gasteiger partial charge in [-0.2, -0.15) is 0 Å². The summed E-state index contributed by atoms with van der Waals surface area (Å²) in [6, 6.07) is 5.71. The molecule has 0 aliphatic carbocycles. The summed E-state index contributed by atoms with van der Waals surface area (Å²) >= 11 is 0. The van der Waals surface area contributed by atoms with Gasteiger partial charge in [0.1, 0.15) is 5.75 Å². The van der Waals surface area contributed by atoms with Gasteiger partial charge < -0.3 is 25.8 Å². The number of ether oxygens (including phenoxy) is 1. The number of carboxylic acids is 1. The Morgan fingerprint density at radius 3 is 2.90 bits per heavy atom. The second kappa shape index (κ2) is 6.60. The molecule has 1 heterocycles. The smallest absolute Gasteiger partial charge is 0.341 e. The molecule has 1 saturated heterocycles. The van der Waals surface area contributed by atoms with E-state index in [9.17, 15) is 14.4 Å². The molecule has 1 aliphatic heterocycles. The molecule has 1 aromatic rings. The molecule has 0 radical (unpaired) electrons. The summed E-state index contributed by atoms with van der Waals surface area (Å²) in [6.07, 6.45) is 0.259. The molecule has 21 heavy (non-hydrogen) atoms. The van der Waals surface area contributed by atoms with Crippen LogP contribution >= 0.6 is 0 Å². The van der Waals surface area contributed by atoms with Gasteiger partial charge in [0.15, 0.2) is 6.61 Å². The third-order valence-corrected chi connectivity index (χ3v) is 2.77. The van der Waals surface area contributed by atoms with Crippen molar-refractivity contribution in [2.75, 3.05) is 18.5 Å². The van der Waals surface area contributed by atoms with Crippen molar-refractivity contribution in [2.24, 2.45) is 0 Å². The van der Waals surface area contributed by atoms with Gasteiger partial charge in [-0.15, -0.1) is 0 Å². The van der Waals surface area contributed by atoms with Crippen molar-refractivity contribution in [3.63, 3.8) is 0 Å². The quantitative estimate of drug-likeness (QED) is 0.617. The van der Waals surface area contributed by atoms with Crippen molar-refractivity contribution in [2.45, 2.75) is 12.5 Å². The van der Waals surface area contributed by atoms with Crippen LogP contribution in [0, 0.1) is 0 Å². The van der Waals surface area contributed by atoms with Crippen LogP contribution in [0.4, 0.5) is 10.5 Å². The van der Waals surface area contributed by atoms with Crippen LogP contribution < -0.4 is 20.7 Å². The van der Waals surface area contributed by atoms with Gasteiger partial charge in [-0.05, 0) is 12.1 Å². The van der Waals surface area contributed by atoms with E-state index >= 15 is 0 Å². The average molecular weight is 293 g/mol. The fraction of sp³-hybridized carbons (Fsp3) is 0.308. The average Bonchev–Trinajstić information content (AvgIpc) is 2.82. The van der Waals surface area contributed by atoms with Crippen molar-refractivity contribution < 1.29 is 24.2 Å². The predicted molar refractivity (Wildman–Crippen MR) is 73.1 cm³/mol. The highest BCUT2D eigenvalue weighted by Crippen LogP contribution is 2.17. The van der Waals surface area contributed by atoms with E-state index in [4.69, 9.17) is 9.84 Å². The number of carbonyl (C=O) groups is 3. The molecular formula is C13H15N3O5. The Labute approximate surface area is 120 Å². The van der Waals surface area contributed by atoms with Crippen LogP contribution in [0.2, 0.25) is 0 Å². The summed E-state index contributed by atoms with van der Waals surface area (Å²) in [7, 11) is 0. The number of benzene rings is 1. The fourth-order valence-corrected chi connectivity index (χ4v) is 1.87. The minimum absolute atomic E-state index is 0.0932. The van der Waals surface area contributed by atoms with Gasteiger partial charge in [-0.1, -0.05) is 6.07 Å². The molecule has 0 spiro atoms. The number of carboxylic acid groups (broad SMARTS) is 1. The molecule has 1 aromatic carbocycles. The van der Waals surface area contributed by atoms with Gasteiger partial charge in [-0.25, -0.2) is 9.59 Å². The third kappa shape index (κ3) is 4.68. The molecule has 4 N–H and O–H groups in total. The first-order valence-electron chi connectivity index (χ1n) is 6.32. The van der Waals surface area contributed by atoms with Crippen LogP contribution in [-0.4, -0.2) is 42.2 Å². The Kier molecular flexibility index (Phi) is 4.60. The highest BCUT2D eigenvalue weighted by atomic mass is 16.5. The van der Waals surface area contributed by atoms with Crippen molar-refractivity contribution in [3.05, 3.63) is 24.3 Å². The number of hydrogen-bond acceptors (Lipinski definition) is 4. The Morgan fingerprint density at radius 2 is 2.24 bits per heavy atom. The lowest BCUT2D eigenvalue weighted by Gasteiger charge is -2.12.